The lowest BCUT2D eigenvalue weighted by molar-refractivity contribution is -0.148. The lowest BCUT2D eigenvalue weighted by atomic mass is 10.2. The molecule has 0 aliphatic carbocycles. The second-order valence-corrected chi connectivity index (χ2v) is 2.90. The summed E-state index contributed by atoms with van der Waals surface area (Å²) in [6, 6.07) is 0. The average molecular weight is 228 g/mol. The summed E-state index contributed by atoms with van der Waals surface area (Å²) >= 11 is 0. The van der Waals surface area contributed by atoms with Gasteiger partial charge >= 0.3 is 5.97 Å². The molecule has 0 aromatic carbocycles. The first-order valence-corrected chi connectivity index (χ1v) is 4.43. The van der Waals surface area contributed by atoms with Crippen LogP contribution < -0.4 is 0 Å². The summed E-state index contributed by atoms with van der Waals surface area (Å²) in [7, 11) is 0. The van der Waals surface area contributed by atoms with Gasteiger partial charge in [0.2, 0.25) is 11.9 Å². The van der Waals surface area contributed by atoms with Gasteiger partial charge < -0.3 is 24.4 Å². The number of carbonyl (C=O) groups excluding carboxylic acids is 1. The van der Waals surface area contributed by atoms with Crippen LogP contribution in [0.3, 0.4) is 0 Å². The SMILES string of the molecule is C=COCC(OC=C)C1OC(=O)C(O)=C1O. The van der Waals surface area contributed by atoms with Crippen LogP contribution in [0, 0.1) is 0 Å². The number of hydrogen-bond donors (Lipinski definition) is 2. The van der Waals surface area contributed by atoms with Gasteiger partial charge in [-0.3, -0.25) is 0 Å². The van der Waals surface area contributed by atoms with E-state index >= 15 is 0 Å². The van der Waals surface area contributed by atoms with Gasteiger partial charge in [-0.2, -0.15) is 0 Å². The molecule has 0 amide bonds. The number of carbonyl (C=O) groups is 1. The summed E-state index contributed by atoms with van der Waals surface area (Å²) in [5.41, 5.74) is 0. The van der Waals surface area contributed by atoms with Crippen LogP contribution in [0.15, 0.2) is 37.2 Å². The number of cyclic esters (lactones) is 1. The first kappa shape index (κ1) is 12.0. The number of aliphatic hydroxyl groups excluding tert-OH is 2. The van der Waals surface area contributed by atoms with Gasteiger partial charge in [0.25, 0.3) is 0 Å². The minimum Gasteiger partial charge on any atom is -0.505 e. The number of hydrogen-bond acceptors (Lipinski definition) is 6. The van der Waals surface area contributed by atoms with Crippen molar-refractivity contribution in [2.75, 3.05) is 6.61 Å². The first-order chi connectivity index (χ1) is 7.61. The van der Waals surface area contributed by atoms with Crippen molar-refractivity contribution in [2.24, 2.45) is 0 Å². The molecule has 0 saturated heterocycles. The molecule has 2 atom stereocenters. The molecule has 0 aromatic rings. The van der Waals surface area contributed by atoms with Crippen LogP contribution in [0.1, 0.15) is 0 Å². The van der Waals surface area contributed by atoms with E-state index in [0.717, 1.165) is 6.26 Å². The summed E-state index contributed by atoms with van der Waals surface area (Å²) in [5.74, 6) is -2.40. The molecule has 0 fully saturated rings. The van der Waals surface area contributed by atoms with Gasteiger partial charge in [-0.1, -0.05) is 13.2 Å². The van der Waals surface area contributed by atoms with E-state index in [1.807, 2.05) is 0 Å². The Kier molecular flexibility index (Phi) is 3.82. The van der Waals surface area contributed by atoms with Crippen molar-refractivity contribution in [3.63, 3.8) is 0 Å². The predicted molar refractivity (Wildman–Crippen MR) is 53.4 cm³/mol. The molecule has 2 unspecified atom stereocenters. The average Bonchev–Trinajstić information content (AvgIpc) is 2.52. The van der Waals surface area contributed by atoms with E-state index < -0.39 is 29.7 Å². The zero-order valence-corrected chi connectivity index (χ0v) is 8.46. The summed E-state index contributed by atoms with van der Waals surface area (Å²) in [6.45, 7) is 6.66. The largest absolute Gasteiger partial charge is 0.505 e. The first-order valence-electron chi connectivity index (χ1n) is 4.43. The molecule has 1 rings (SSSR count). The molecule has 0 radical (unpaired) electrons. The molecule has 0 spiro atoms. The third-order valence-corrected chi connectivity index (χ3v) is 1.93. The summed E-state index contributed by atoms with van der Waals surface area (Å²) in [4.78, 5) is 10.9. The maximum atomic E-state index is 10.9. The van der Waals surface area contributed by atoms with Crippen LogP contribution in [0.25, 0.3) is 0 Å². The van der Waals surface area contributed by atoms with E-state index in [9.17, 15) is 9.90 Å². The van der Waals surface area contributed by atoms with Crippen LogP contribution in [-0.2, 0) is 19.0 Å². The molecule has 0 aromatic heterocycles. The van der Waals surface area contributed by atoms with Crippen molar-refractivity contribution in [3.8, 4) is 0 Å². The van der Waals surface area contributed by atoms with Gasteiger partial charge in [0.05, 0.1) is 12.5 Å². The van der Waals surface area contributed by atoms with Gasteiger partial charge in [0.1, 0.15) is 6.61 Å². The van der Waals surface area contributed by atoms with Crippen molar-refractivity contribution < 1.29 is 29.2 Å². The number of rotatable bonds is 6. The van der Waals surface area contributed by atoms with Crippen LogP contribution in [0.2, 0.25) is 0 Å². The third-order valence-electron chi connectivity index (χ3n) is 1.93. The van der Waals surface area contributed by atoms with Crippen LogP contribution in [0.5, 0.6) is 0 Å². The molecule has 1 heterocycles. The van der Waals surface area contributed by atoms with Crippen molar-refractivity contribution in [1.82, 2.24) is 0 Å². The Balaban J connectivity index is 2.76. The highest BCUT2D eigenvalue weighted by Crippen LogP contribution is 2.23. The Hall–Kier alpha value is -2.11. The zero-order chi connectivity index (χ0) is 12.1. The van der Waals surface area contributed by atoms with Crippen LogP contribution >= 0.6 is 0 Å². The minimum absolute atomic E-state index is 0.00912. The zero-order valence-electron chi connectivity index (χ0n) is 8.46. The van der Waals surface area contributed by atoms with E-state index in [2.05, 4.69) is 13.2 Å². The number of aliphatic hydroxyl groups is 2. The topological polar surface area (TPSA) is 85.2 Å². The molecular weight excluding hydrogens is 216 g/mol. The summed E-state index contributed by atoms with van der Waals surface area (Å²) < 4.78 is 14.6. The minimum atomic E-state index is -1.11. The standard InChI is InChI=1S/C10H12O6/c1-3-14-5-6(15-4-2)9-7(11)8(12)10(13)16-9/h3-4,6,9,11-12H,1-2,5H2. The van der Waals surface area contributed by atoms with E-state index in [1.54, 1.807) is 0 Å². The van der Waals surface area contributed by atoms with Crippen molar-refractivity contribution in [2.45, 2.75) is 12.2 Å². The summed E-state index contributed by atoms with van der Waals surface area (Å²) in [5, 5.41) is 18.5. The van der Waals surface area contributed by atoms with Gasteiger partial charge in [-0.05, 0) is 0 Å². The van der Waals surface area contributed by atoms with E-state index in [1.165, 1.54) is 6.26 Å². The monoisotopic (exact) mass is 228 g/mol. The Bertz CT molecular complexity index is 332. The quantitative estimate of drug-likeness (QED) is 0.519. The second-order valence-electron chi connectivity index (χ2n) is 2.90. The van der Waals surface area contributed by atoms with E-state index in [-0.39, 0.29) is 6.61 Å². The smallest absolute Gasteiger partial charge is 0.378 e. The van der Waals surface area contributed by atoms with Gasteiger partial charge in [0.15, 0.2) is 11.9 Å². The molecule has 6 nitrogen and oxygen atoms in total. The summed E-state index contributed by atoms with van der Waals surface area (Å²) in [6.07, 6.45) is 0.388. The second kappa shape index (κ2) is 5.11. The van der Waals surface area contributed by atoms with Crippen LogP contribution in [0.4, 0.5) is 0 Å². The molecular formula is C10H12O6. The maximum absolute atomic E-state index is 10.9. The Morgan fingerprint density at radius 1 is 1.44 bits per heavy atom. The van der Waals surface area contributed by atoms with E-state index in [4.69, 9.17) is 19.3 Å². The van der Waals surface area contributed by atoms with Gasteiger partial charge in [-0.15, -0.1) is 0 Å². The molecule has 16 heavy (non-hydrogen) atoms. The highest BCUT2D eigenvalue weighted by molar-refractivity contribution is 5.89. The highest BCUT2D eigenvalue weighted by Gasteiger charge is 2.41. The Labute approximate surface area is 92.0 Å². The van der Waals surface area contributed by atoms with Crippen molar-refractivity contribution in [1.29, 1.82) is 0 Å². The lowest BCUT2D eigenvalue weighted by Crippen LogP contribution is -2.33. The number of ether oxygens (including phenoxy) is 3. The third kappa shape index (κ3) is 2.28. The molecule has 0 saturated carbocycles. The Morgan fingerprint density at radius 2 is 2.12 bits per heavy atom. The maximum Gasteiger partial charge on any atom is 0.378 e. The molecule has 1 aliphatic rings. The fraction of sp³-hybridized carbons (Fsp3) is 0.300. The fourth-order valence-corrected chi connectivity index (χ4v) is 1.20. The fourth-order valence-electron chi connectivity index (χ4n) is 1.20. The Morgan fingerprint density at radius 3 is 2.56 bits per heavy atom. The van der Waals surface area contributed by atoms with Crippen molar-refractivity contribution >= 4 is 5.97 Å². The molecule has 2 N–H and O–H groups in total. The predicted octanol–water partition coefficient (Wildman–Crippen LogP) is 0.928. The molecule has 6 heteroatoms. The number of esters is 1. The highest BCUT2D eigenvalue weighted by atomic mass is 16.6. The van der Waals surface area contributed by atoms with Gasteiger partial charge in [-0.25, -0.2) is 4.79 Å². The normalized spacial score (nSPS) is 21.2. The van der Waals surface area contributed by atoms with E-state index in [0.29, 0.717) is 0 Å². The molecule has 88 valence electrons. The van der Waals surface area contributed by atoms with Gasteiger partial charge in [0, 0.05) is 0 Å². The lowest BCUT2D eigenvalue weighted by Gasteiger charge is -2.21. The van der Waals surface area contributed by atoms with Crippen molar-refractivity contribution in [3.05, 3.63) is 37.2 Å². The molecule has 1 aliphatic heterocycles. The van der Waals surface area contributed by atoms with Crippen LogP contribution in [-0.4, -0.2) is 35.0 Å². The molecule has 0 bridgehead atoms.